The highest BCUT2D eigenvalue weighted by atomic mass is 16.3. The molecule has 5 nitrogen and oxygen atoms in total. The van der Waals surface area contributed by atoms with Crippen molar-refractivity contribution in [1.82, 2.24) is 14.6 Å². The van der Waals surface area contributed by atoms with E-state index in [1.807, 2.05) is 16.8 Å². The molecule has 0 bridgehead atoms. The second kappa shape index (κ2) is 4.33. The van der Waals surface area contributed by atoms with E-state index >= 15 is 0 Å². The molecule has 0 spiro atoms. The highest BCUT2D eigenvalue weighted by Crippen LogP contribution is 2.26. The molecular weight excluding hydrogens is 216 g/mol. The molecule has 1 unspecified atom stereocenters. The number of anilines is 1. The first-order valence-electron chi connectivity index (χ1n) is 6.06. The van der Waals surface area contributed by atoms with Gasteiger partial charge in [-0.15, -0.1) is 0 Å². The maximum Gasteiger partial charge on any atom is 0.155 e. The van der Waals surface area contributed by atoms with Gasteiger partial charge in [-0.1, -0.05) is 0 Å². The Morgan fingerprint density at radius 1 is 1.35 bits per heavy atom. The zero-order valence-electron chi connectivity index (χ0n) is 9.66. The molecule has 17 heavy (non-hydrogen) atoms. The third-order valence-corrected chi connectivity index (χ3v) is 3.41. The zero-order valence-corrected chi connectivity index (χ0v) is 9.66. The predicted octanol–water partition coefficient (Wildman–Crippen LogP) is 1.08. The first kappa shape index (κ1) is 10.5. The van der Waals surface area contributed by atoms with Gasteiger partial charge in [0.2, 0.25) is 0 Å². The highest BCUT2D eigenvalue weighted by molar-refractivity contribution is 5.68. The lowest BCUT2D eigenvalue weighted by atomic mass is 10.0. The quantitative estimate of drug-likeness (QED) is 0.842. The molecule has 90 valence electrons. The van der Waals surface area contributed by atoms with Crippen molar-refractivity contribution in [2.45, 2.75) is 25.3 Å². The summed E-state index contributed by atoms with van der Waals surface area (Å²) in [5.74, 6) is 0.934. The molecule has 1 aliphatic heterocycles. The van der Waals surface area contributed by atoms with Gasteiger partial charge >= 0.3 is 0 Å². The smallest absolute Gasteiger partial charge is 0.155 e. The van der Waals surface area contributed by atoms with Crippen LogP contribution in [0.5, 0.6) is 0 Å². The van der Waals surface area contributed by atoms with Crippen LogP contribution in [0.3, 0.4) is 0 Å². The number of aliphatic hydroxyl groups excluding tert-OH is 1. The molecule has 0 radical (unpaired) electrons. The normalized spacial score (nSPS) is 21.0. The van der Waals surface area contributed by atoms with Gasteiger partial charge in [-0.05, 0) is 25.3 Å². The summed E-state index contributed by atoms with van der Waals surface area (Å²) in [6.07, 6.45) is 8.76. The van der Waals surface area contributed by atoms with Crippen LogP contribution in [0.2, 0.25) is 0 Å². The first-order valence-corrected chi connectivity index (χ1v) is 6.06. The Hall–Kier alpha value is -1.62. The van der Waals surface area contributed by atoms with Crippen molar-refractivity contribution in [3.63, 3.8) is 0 Å². The molecule has 0 aliphatic carbocycles. The average molecular weight is 232 g/mol. The number of fused-ring (bicyclic) bond motifs is 1. The summed E-state index contributed by atoms with van der Waals surface area (Å²) < 4.78 is 1.82. The van der Waals surface area contributed by atoms with Crippen LogP contribution in [-0.2, 0) is 0 Å². The van der Waals surface area contributed by atoms with E-state index in [9.17, 15) is 5.11 Å². The first-order chi connectivity index (χ1) is 8.40. The summed E-state index contributed by atoms with van der Waals surface area (Å²) in [6.45, 7) is 1.15. The third kappa shape index (κ3) is 1.76. The van der Waals surface area contributed by atoms with Crippen LogP contribution < -0.4 is 4.90 Å². The Labute approximate surface area is 99.7 Å². The fourth-order valence-corrected chi connectivity index (χ4v) is 2.53. The molecule has 1 N–H and O–H groups in total. The van der Waals surface area contributed by atoms with Crippen LogP contribution in [0.4, 0.5) is 5.82 Å². The van der Waals surface area contributed by atoms with Gasteiger partial charge in [0.25, 0.3) is 0 Å². The van der Waals surface area contributed by atoms with Crippen LogP contribution in [0.15, 0.2) is 24.7 Å². The summed E-state index contributed by atoms with van der Waals surface area (Å²) in [5.41, 5.74) is 1.01. The van der Waals surface area contributed by atoms with E-state index in [4.69, 9.17) is 0 Å². The van der Waals surface area contributed by atoms with Crippen molar-refractivity contribution < 1.29 is 5.11 Å². The lowest BCUT2D eigenvalue weighted by molar-refractivity contribution is 0.239. The average Bonchev–Trinajstić information content (AvgIpc) is 2.86. The molecule has 3 heterocycles. The fourth-order valence-electron chi connectivity index (χ4n) is 2.53. The van der Waals surface area contributed by atoms with Gasteiger partial charge < -0.3 is 10.0 Å². The highest BCUT2D eigenvalue weighted by Gasteiger charge is 2.24. The van der Waals surface area contributed by atoms with Gasteiger partial charge in [0.1, 0.15) is 5.52 Å². The Morgan fingerprint density at radius 2 is 2.29 bits per heavy atom. The van der Waals surface area contributed by atoms with Gasteiger partial charge in [-0.2, -0.15) is 5.10 Å². The Bertz CT molecular complexity index is 510. The van der Waals surface area contributed by atoms with Crippen molar-refractivity contribution in [2.24, 2.45) is 0 Å². The largest absolute Gasteiger partial charge is 0.394 e. The number of rotatable bonds is 2. The molecule has 1 fully saturated rings. The fraction of sp³-hybridized carbons (Fsp3) is 0.500. The molecule has 3 rings (SSSR count). The van der Waals surface area contributed by atoms with Crippen LogP contribution in [0.25, 0.3) is 5.52 Å². The van der Waals surface area contributed by atoms with Crippen LogP contribution in [0, 0.1) is 0 Å². The second-order valence-corrected chi connectivity index (χ2v) is 4.44. The van der Waals surface area contributed by atoms with E-state index in [0.717, 1.165) is 30.7 Å². The van der Waals surface area contributed by atoms with Crippen LogP contribution >= 0.6 is 0 Å². The van der Waals surface area contributed by atoms with E-state index < -0.39 is 0 Å². The number of hydrogen-bond acceptors (Lipinski definition) is 4. The van der Waals surface area contributed by atoms with E-state index in [2.05, 4.69) is 15.0 Å². The zero-order chi connectivity index (χ0) is 11.7. The van der Waals surface area contributed by atoms with E-state index in [-0.39, 0.29) is 12.6 Å². The van der Waals surface area contributed by atoms with E-state index in [0.29, 0.717) is 0 Å². The lowest BCUT2D eigenvalue weighted by Crippen LogP contribution is -2.42. The molecule has 5 heteroatoms. The predicted molar refractivity (Wildman–Crippen MR) is 65.1 cm³/mol. The molecule has 2 aromatic heterocycles. The lowest BCUT2D eigenvalue weighted by Gasteiger charge is -2.35. The topological polar surface area (TPSA) is 53.7 Å². The van der Waals surface area contributed by atoms with Crippen molar-refractivity contribution in [3.8, 4) is 0 Å². The summed E-state index contributed by atoms with van der Waals surface area (Å²) in [4.78, 5) is 6.66. The molecule has 1 aliphatic rings. The minimum absolute atomic E-state index is 0.191. The maximum atomic E-state index is 9.45. The molecule has 0 amide bonds. The van der Waals surface area contributed by atoms with Gasteiger partial charge in [-0.25, -0.2) is 9.50 Å². The standard InChI is InChI=1S/C12H16N4O/c17-9-10-3-1-2-7-15(10)12-11-4-5-14-16(11)8-6-13-12/h4-6,8,10,17H,1-3,7,9H2. The van der Waals surface area contributed by atoms with Crippen LogP contribution in [0.1, 0.15) is 19.3 Å². The molecular formula is C12H16N4O. The van der Waals surface area contributed by atoms with Gasteiger partial charge in [0, 0.05) is 18.9 Å². The maximum absolute atomic E-state index is 9.45. The molecule has 1 atom stereocenters. The SMILES string of the molecule is OCC1CCCCN1c1nccn2nccc12. The van der Waals surface area contributed by atoms with Gasteiger partial charge in [-0.3, -0.25) is 0 Å². The summed E-state index contributed by atoms with van der Waals surface area (Å²) in [6, 6.07) is 2.16. The van der Waals surface area contributed by atoms with Crippen molar-refractivity contribution in [3.05, 3.63) is 24.7 Å². The summed E-state index contributed by atoms with van der Waals surface area (Å²) in [5, 5.41) is 13.7. The molecule has 0 aromatic carbocycles. The van der Waals surface area contributed by atoms with E-state index in [1.54, 1.807) is 12.4 Å². The van der Waals surface area contributed by atoms with Gasteiger partial charge in [0.05, 0.1) is 18.8 Å². The van der Waals surface area contributed by atoms with Crippen molar-refractivity contribution in [2.75, 3.05) is 18.1 Å². The minimum atomic E-state index is 0.191. The monoisotopic (exact) mass is 232 g/mol. The second-order valence-electron chi connectivity index (χ2n) is 4.44. The van der Waals surface area contributed by atoms with Crippen LogP contribution in [-0.4, -0.2) is 38.9 Å². The number of piperidine rings is 1. The number of aromatic nitrogens is 3. The third-order valence-electron chi connectivity index (χ3n) is 3.41. The molecule has 0 saturated carbocycles. The minimum Gasteiger partial charge on any atom is -0.394 e. The van der Waals surface area contributed by atoms with Gasteiger partial charge in [0.15, 0.2) is 5.82 Å². The Kier molecular flexibility index (Phi) is 2.68. The molecule has 1 saturated heterocycles. The summed E-state index contributed by atoms with van der Waals surface area (Å²) >= 11 is 0. The van der Waals surface area contributed by atoms with Crippen molar-refractivity contribution in [1.29, 1.82) is 0 Å². The number of nitrogens with zero attached hydrogens (tertiary/aromatic N) is 4. The Balaban J connectivity index is 2.04. The van der Waals surface area contributed by atoms with Crippen molar-refractivity contribution >= 4 is 11.3 Å². The van der Waals surface area contributed by atoms with E-state index in [1.165, 1.54) is 6.42 Å². The Morgan fingerprint density at radius 3 is 3.18 bits per heavy atom. The number of aliphatic hydroxyl groups is 1. The molecule has 2 aromatic rings. The number of hydrogen-bond donors (Lipinski definition) is 1. The summed E-state index contributed by atoms with van der Waals surface area (Å²) in [7, 11) is 0.